The lowest BCUT2D eigenvalue weighted by molar-refractivity contribution is 0.280. The second-order valence-corrected chi connectivity index (χ2v) is 7.79. The number of rotatable bonds is 5. The Bertz CT molecular complexity index is 1220. The van der Waals surface area contributed by atoms with E-state index in [2.05, 4.69) is 19.9 Å². The molecule has 10 heteroatoms. The third kappa shape index (κ3) is 3.91. The van der Waals surface area contributed by atoms with Crippen molar-refractivity contribution in [1.29, 1.82) is 5.26 Å². The van der Waals surface area contributed by atoms with Crippen LogP contribution in [0.25, 0.3) is 21.1 Å². The molecular weight excluding hydrogens is 413 g/mol. The molecule has 0 aliphatic heterocycles. The maximum Gasteiger partial charge on any atom is 0.316 e. The highest BCUT2D eigenvalue weighted by molar-refractivity contribution is 7.21. The largest absolute Gasteiger partial charge is 0.504 e. The fraction of sp³-hybridized carbons (Fsp3) is 0.105. The van der Waals surface area contributed by atoms with Gasteiger partial charge in [-0.3, -0.25) is 0 Å². The van der Waals surface area contributed by atoms with Gasteiger partial charge in [-0.2, -0.15) is 5.26 Å². The van der Waals surface area contributed by atoms with Crippen LogP contribution in [0.5, 0.6) is 11.8 Å². The van der Waals surface area contributed by atoms with Crippen LogP contribution in [-0.4, -0.2) is 25.0 Å². The summed E-state index contributed by atoms with van der Waals surface area (Å²) < 4.78 is 19.4. The summed E-state index contributed by atoms with van der Waals surface area (Å²) in [6.45, 7) is 2.12. The molecule has 0 radical (unpaired) electrons. The summed E-state index contributed by atoms with van der Waals surface area (Å²) in [7, 11) is 0. The van der Waals surface area contributed by atoms with E-state index in [1.54, 1.807) is 29.9 Å². The van der Waals surface area contributed by atoms with Crippen molar-refractivity contribution in [3.05, 3.63) is 58.1 Å². The highest BCUT2D eigenvalue weighted by atomic mass is 32.1. The summed E-state index contributed by atoms with van der Waals surface area (Å²) in [4.78, 5) is 18.0. The first kappa shape index (κ1) is 18.9. The van der Waals surface area contributed by atoms with Gasteiger partial charge in [-0.25, -0.2) is 24.3 Å². The minimum absolute atomic E-state index is 0.133. The zero-order chi connectivity index (χ0) is 20.4. The van der Waals surface area contributed by atoms with E-state index in [0.717, 1.165) is 26.7 Å². The van der Waals surface area contributed by atoms with Crippen LogP contribution in [-0.2, 0) is 6.61 Å². The zero-order valence-corrected chi connectivity index (χ0v) is 16.6. The number of hydrogen-bond donors (Lipinski definition) is 1. The predicted octanol–water partition coefficient (Wildman–Crippen LogP) is 4.33. The number of thiazole rings is 2. The predicted molar refractivity (Wildman–Crippen MR) is 106 cm³/mol. The molecule has 4 aromatic rings. The molecule has 4 rings (SSSR count). The molecular formula is C19H12FN5O2S2. The fourth-order valence-corrected chi connectivity index (χ4v) is 4.49. The summed E-state index contributed by atoms with van der Waals surface area (Å²) in [5.41, 5.74) is 1.61. The monoisotopic (exact) mass is 425 g/mol. The van der Waals surface area contributed by atoms with E-state index >= 15 is 0 Å². The molecule has 0 aliphatic rings. The van der Waals surface area contributed by atoms with Crippen LogP contribution in [0.3, 0.4) is 0 Å². The Morgan fingerprint density at radius 1 is 1.24 bits per heavy atom. The maximum absolute atomic E-state index is 13.9. The van der Waals surface area contributed by atoms with Crippen molar-refractivity contribution in [3.63, 3.8) is 0 Å². The minimum atomic E-state index is -0.856. The molecule has 0 fully saturated rings. The Morgan fingerprint density at radius 3 is 2.79 bits per heavy atom. The van der Waals surface area contributed by atoms with Crippen molar-refractivity contribution in [2.45, 2.75) is 13.5 Å². The lowest BCUT2D eigenvalue weighted by atomic mass is 10.1. The van der Waals surface area contributed by atoms with Crippen LogP contribution in [0.1, 0.15) is 16.3 Å². The van der Waals surface area contributed by atoms with Gasteiger partial charge in [0.25, 0.3) is 0 Å². The maximum atomic E-state index is 13.9. The molecule has 0 amide bonds. The van der Waals surface area contributed by atoms with Gasteiger partial charge in [-0.15, -0.1) is 22.7 Å². The molecule has 29 heavy (non-hydrogen) atoms. The van der Waals surface area contributed by atoms with E-state index in [1.807, 2.05) is 6.92 Å². The third-order valence-electron chi connectivity index (χ3n) is 3.89. The van der Waals surface area contributed by atoms with Crippen molar-refractivity contribution < 1.29 is 14.2 Å². The molecule has 0 spiro atoms. The van der Waals surface area contributed by atoms with Crippen LogP contribution >= 0.6 is 22.7 Å². The molecule has 1 aromatic carbocycles. The lowest BCUT2D eigenvalue weighted by Gasteiger charge is -2.02. The van der Waals surface area contributed by atoms with Crippen LogP contribution in [0, 0.1) is 24.1 Å². The van der Waals surface area contributed by atoms with E-state index in [1.165, 1.54) is 28.7 Å². The number of benzene rings is 1. The summed E-state index contributed by atoms with van der Waals surface area (Å²) >= 11 is 2.83. The molecule has 0 saturated carbocycles. The number of nitriles is 1. The molecule has 3 aromatic heterocycles. The summed E-state index contributed by atoms with van der Waals surface area (Å²) in [6, 6.07) is 6.34. The first-order valence-electron chi connectivity index (χ1n) is 8.30. The molecule has 0 atom stereocenters. The molecule has 144 valence electrons. The van der Waals surface area contributed by atoms with E-state index in [0.29, 0.717) is 11.3 Å². The van der Waals surface area contributed by atoms with Gasteiger partial charge in [0, 0.05) is 23.3 Å². The quantitative estimate of drug-likeness (QED) is 0.507. The number of phenolic OH excluding ortho intramolecular Hbond substituents is 1. The molecule has 0 saturated heterocycles. The molecule has 1 N–H and O–H groups in total. The van der Waals surface area contributed by atoms with Crippen LogP contribution in [0.15, 0.2) is 36.0 Å². The topological polar surface area (TPSA) is 105 Å². The first-order valence-corrected chi connectivity index (χ1v) is 9.99. The number of aryl methyl sites for hydroxylation is 1. The Labute approximate surface area is 172 Å². The van der Waals surface area contributed by atoms with Crippen molar-refractivity contribution in [2.75, 3.05) is 0 Å². The fourth-order valence-electron chi connectivity index (χ4n) is 2.54. The van der Waals surface area contributed by atoms with Gasteiger partial charge in [0.1, 0.15) is 22.7 Å². The van der Waals surface area contributed by atoms with E-state index in [9.17, 15) is 9.50 Å². The van der Waals surface area contributed by atoms with Crippen LogP contribution in [0.2, 0.25) is 0 Å². The van der Waals surface area contributed by atoms with E-state index in [4.69, 9.17) is 10.00 Å². The number of ether oxygens (including phenoxy) is 1. The molecule has 0 bridgehead atoms. The number of aromatic hydroxyl groups is 1. The second kappa shape index (κ2) is 7.90. The van der Waals surface area contributed by atoms with Gasteiger partial charge in [0.05, 0.1) is 21.8 Å². The first-order chi connectivity index (χ1) is 14.0. The summed E-state index contributed by atoms with van der Waals surface area (Å²) in [6.07, 6.45) is 3.20. The highest BCUT2D eigenvalue weighted by Gasteiger charge is 2.17. The van der Waals surface area contributed by atoms with E-state index < -0.39 is 11.6 Å². The highest BCUT2D eigenvalue weighted by Crippen LogP contribution is 2.36. The van der Waals surface area contributed by atoms with E-state index in [-0.39, 0.29) is 18.2 Å². The average Bonchev–Trinajstić information content (AvgIpc) is 3.36. The second-order valence-electron chi connectivity index (χ2n) is 5.85. The number of nitrogens with zero attached hydrogens (tertiary/aromatic N) is 5. The number of halogens is 1. The van der Waals surface area contributed by atoms with Crippen molar-refractivity contribution >= 4 is 22.7 Å². The standard InChI is InChI=1S/C19H12FN5O2S2/c1-10-17(29-15(24-10)8-27-19-22-3-2-4-23-19)18-25-14(9-28-18)11-5-12(7-21)16(26)13(20)6-11/h2-6,9,26H,8H2,1H3. The number of phenols is 1. The van der Waals surface area contributed by atoms with Gasteiger partial charge < -0.3 is 9.84 Å². The van der Waals surface area contributed by atoms with Crippen molar-refractivity contribution in [2.24, 2.45) is 0 Å². The van der Waals surface area contributed by atoms with Gasteiger partial charge in [0.15, 0.2) is 11.6 Å². The lowest BCUT2D eigenvalue weighted by Crippen LogP contribution is -1.98. The molecule has 0 aliphatic carbocycles. The van der Waals surface area contributed by atoms with Crippen LogP contribution in [0.4, 0.5) is 4.39 Å². The van der Waals surface area contributed by atoms with Crippen molar-refractivity contribution in [1.82, 2.24) is 19.9 Å². The summed E-state index contributed by atoms with van der Waals surface area (Å²) in [5, 5.41) is 21.9. The number of aromatic nitrogens is 4. The third-order valence-corrected chi connectivity index (χ3v) is 6.01. The van der Waals surface area contributed by atoms with Gasteiger partial charge in [-0.05, 0) is 25.1 Å². The molecule has 0 unspecified atom stereocenters. The SMILES string of the molecule is Cc1nc(COc2ncccn2)sc1-c1nc(-c2cc(F)c(O)c(C#N)c2)cs1. The Hall–Kier alpha value is -3.42. The van der Waals surface area contributed by atoms with Gasteiger partial charge >= 0.3 is 6.01 Å². The Balaban J connectivity index is 1.58. The summed E-state index contributed by atoms with van der Waals surface area (Å²) in [5.74, 6) is -1.51. The minimum Gasteiger partial charge on any atom is -0.504 e. The Morgan fingerprint density at radius 2 is 2.03 bits per heavy atom. The smallest absolute Gasteiger partial charge is 0.316 e. The van der Waals surface area contributed by atoms with Gasteiger partial charge in [0.2, 0.25) is 0 Å². The zero-order valence-electron chi connectivity index (χ0n) is 15.0. The molecule has 3 heterocycles. The Kier molecular flexibility index (Phi) is 5.16. The van der Waals surface area contributed by atoms with Crippen LogP contribution < -0.4 is 4.74 Å². The number of hydrogen-bond acceptors (Lipinski definition) is 9. The van der Waals surface area contributed by atoms with Gasteiger partial charge in [-0.1, -0.05) is 0 Å². The van der Waals surface area contributed by atoms with Crippen molar-refractivity contribution in [3.8, 4) is 39.0 Å². The molecule has 7 nitrogen and oxygen atoms in total. The average molecular weight is 425 g/mol. The normalized spacial score (nSPS) is 10.7.